The Morgan fingerprint density at radius 1 is 1.44 bits per heavy atom. The van der Waals surface area contributed by atoms with Gasteiger partial charge in [-0.25, -0.2) is 9.79 Å². The Balaban J connectivity index is 3.15. The SMILES string of the molecule is COc1ccc(C(F)(F)F)cc1CN=C=O. The molecule has 0 radical (unpaired) electrons. The monoisotopic (exact) mass is 231 g/mol. The molecular weight excluding hydrogens is 223 g/mol. The molecule has 0 N–H and O–H groups in total. The van der Waals surface area contributed by atoms with Crippen molar-refractivity contribution < 1.29 is 22.7 Å². The fraction of sp³-hybridized carbons (Fsp3) is 0.300. The average molecular weight is 231 g/mol. The molecule has 0 heterocycles. The van der Waals surface area contributed by atoms with Gasteiger partial charge in [0.15, 0.2) is 0 Å². The molecule has 0 spiro atoms. The summed E-state index contributed by atoms with van der Waals surface area (Å²) < 4.78 is 42.0. The van der Waals surface area contributed by atoms with Crippen molar-refractivity contribution in [3.8, 4) is 5.75 Å². The van der Waals surface area contributed by atoms with E-state index in [1.54, 1.807) is 0 Å². The van der Waals surface area contributed by atoms with Crippen LogP contribution in [0.3, 0.4) is 0 Å². The van der Waals surface area contributed by atoms with Crippen molar-refractivity contribution >= 4 is 6.08 Å². The normalized spacial score (nSPS) is 10.8. The molecule has 0 atom stereocenters. The van der Waals surface area contributed by atoms with E-state index in [-0.39, 0.29) is 17.9 Å². The van der Waals surface area contributed by atoms with Gasteiger partial charge < -0.3 is 4.74 Å². The van der Waals surface area contributed by atoms with Crippen LogP contribution in [0.5, 0.6) is 5.75 Å². The molecule has 1 aromatic rings. The predicted octanol–water partition coefficient (Wildman–Crippen LogP) is 2.55. The molecule has 0 saturated heterocycles. The van der Waals surface area contributed by atoms with Gasteiger partial charge in [-0.3, -0.25) is 0 Å². The van der Waals surface area contributed by atoms with E-state index in [0.29, 0.717) is 0 Å². The number of benzene rings is 1. The van der Waals surface area contributed by atoms with E-state index in [1.807, 2.05) is 0 Å². The van der Waals surface area contributed by atoms with Gasteiger partial charge in [0.2, 0.25) is 6.08 Å². The lowest BCUT2D eigenvalue weighted by atomic mass is 10.1. The van der Waals surface area contributed by atoms with E-state index in [1.165, 1.54) is 19.3 Å². The third-order valence-corrected chi connectivity index (χ3v) is 1.92. The number of halogens is 3. The number of hydrogen-bond donors (Lipinski definition) is 0. The van der Waals surface area contributed by atoms with E-state index in [9.17, 15) is 18.0 Å². The molecule has 3 nitrogen and oxygen atoms in total. The van der Waals surface area contributed by atoms with Crippen LogP contribution in [-0.4, -0.2) is 13.2 Å². The minimum Gasteiger partial charge on any atom is -0.496 e. The Morgan fingerprint density at radius 2 is 2.12 bits per heavy atom. The number of carbonyl (C=O) groups excluding carboxylic acids is 1. The quantitative estimate of drug-likeness (QED) is 0.592. The highest BCUT2D eigenvalue weighted by Crippen LogP contribution is 2.32. The third-order valence-electron chi connectivity index (χ3n) is 1.92. The molecule has 1 aromatic carbocycles. The Labute approximate surface area is 89.6 Å². The average Bonchev–Trinajstić information content (AvgIpc) is 2.24. The second kappa shape index (κ2) is 4.81. The number of alkyl halides is 3. The highest BCUT2D eigenvalue weighted by molar-refractivity contribution is 5.40. The first-order chi connectivity index (χ1) is 7.49. The molecule has 0 amide bonds. The van der Waals surface area contributed by atoms with Gasteiger partial charge in [0, 0.05) is 5.56 Å². The summed E-state index contributed by atoms with van der Waals surface area (Å²) in [6.45, 7) is -0.184. The molecule has 0 unspecified atom stereocenters. The van der Waals surface area contributed by atoms with Crippen LogP contribution in [0.2, 0.25) is 0 Å². The van der Waals surface area contributed by atoms with Gasteiger partial charge in [-0.2, -0.15) is 13.2 Å². The Hall–Kier alpha value is -1.81. The van der Waals surface area contributed by atoms with Crippen molar-refractivity contribution in [3.63, 3.8) is 0 Å². The first-order valence-corrected chi connectivity index (χ1v) is 4.26. The second-order valence-electron chi connectivity index (χ2n) is 2.93. The lowest BCUT2D eigenvalue weighted by Crippen LogP contribution is -2.06. The molecule has 0 aliphatic heterocycles. The van der Waals surface area contributed by atoms with Crippen LogP contribution in [0.15, 0.2) is 23.2 Å². The number of rotatable bonds is 3. The summed E-state index contributed by atoms with van der Waals surface area (Å²) in [6.07, 6.45) is -3.16. The van der Waals surface area contributed by atoms with Crippen LogP contribution >= 0.6 is 0 Å². The number of hydrogen-bond acceptors (Lipinski definition) is 3. The molecule has 1 rings (SSSR count). The molecule has 86 valence electrons. The zero-order valence-electron chi connectivity index (χ0n) is 8.34. The fourth-order valence-corrected chi connectivity index (χ4v) is 1.20. The van der Waals surface area contributed by atoms with Crippen molar-refractivity contribution in [2.45, 2.75) is 12.7 Å². The minimum atomic E-state index is -4.42. The molecule has 6 heteroatoms. The van der Waals surface area contributed by atoms with Crippen molar-refractivity contribution in [1.82, 2.24) is 0 Å². The highest BCUT2D eigenvalue weighted by Gasteiger charge is 2.31. The molecule has 0 aliphatic rings. The summed E-state index contributed by atoms with van der Waals surface area (Å²) in [5, 5.41) is 0. The molecular formula is C10H8F3NO2. The maximum Gasteiger partial charge on any atom is 0.416 e. The molecule has 0 bridgehead atoms. The van der Waals surface area contributed by atoms with Crippen molar-refractivity contribution in [2.24, 2.45) is 4.99 Å². The Bertz CT molecular complexity index is 423. The summed E-state index contributed by atoms with van der Waals surface area (Å²) >= 11 is 0. The molecule has 0 fully saturated rings. The van der Waals surface area contributed by atoms with Gasteiger partial charge in [0.25, 0.3) is 0 Å². The molecule has 0 aromatic heterocycles. The topological polar surface area (TPSA) is 38.7 Å². The fourth-order valence-electron chi connectivity index (χ4n) is 1.20. The van der Waals surface area contributed by atoms with Crippen LogP contribution in [0.25, 0.3) is 0 Å². The molecule has 0 aliphatic carbocycles. The third kappa shape index (κ3) is 2.84. The lowest BCUT2D eigenvalue weighted by Gasteiger charge is -2.10. The van der Waals surface area contributed by atoms with Crippen LogP contribution in [0.4, 0.5) is 13.2 Å². The van der Waals surface area contributed by atoms with Crippen molar-refractivity contribution in [2.75, 3.05) is 7.11 Å². The first-order valence-electron chi connectivity index (χ1n) is 4.26. The van der Waals surface area contributed by atoms with E-state index < -0.39 is 11.7 Å². The first kappa shape index (κ1) is 12.3. The highest BCUT2D eigenvalue weighted by atomic mass is 19.4. The van der Waals surface area contributed by atoms with Gasteiger partial charge in [-0.1, -0.05) is 0 Å². The Kier molecular flexibility index (Phi) is 3.68. The van der Waals surface area contributed by atoms with E-state index in [0.717, 1.165) is 12.1 Å². The van der Waals surface area contributed by atoms with Crippen LogP contribution in [0.1, 0.15) is 11.1 Å². The largest absolute Gasteiger partial charge is 0.496 e. The maximum atomic E-state index is 12.4. The predicted molar refractivity (Wildman–Crippen MR) is 49.8 cm³/mol. The molecule has 16 heavy (non-hydrogen) atoms. The van der Waals surface area contributed by atoms with Crippen molar-refractivity contribution in [1.29, 1.82) is 0 Å². The number of aliphatic imine (C=N–C) groups is 1. The number of ether oxygens (including phenoxy) is 1. The zero-order valence-corrected chi connectivity index (χ0v) is 8.34. The van der Waals surface area contributed by atoms with Gasteiger partial charge in [0.1, 0.15) is 5.75 Å². The minimum absolute atomic E-state index is 0.184. The number of isocyanates is 1. The van der Waals surface area contributed by atoms with Gasteiger partial charge in [0.05, 0.1) is 19.2 Å². The van der Waals surface area contributed by atoms with Gasteiger partial charge in [-0.05, 0) is 18.2 Å². The van der Waals surface area contributed by atoms with E-state index in [4.69, 9.17) is 4.74 Å². The lowest BCUT2D eigenvalue weighted by molar-refractivity contribution is -0.137. The van der Waals surface area contributed by atoms with Crippen molar-refractivity contribution in [3.05, 3.63) is 29.3 Å². The smallest absolute Gasteiger partial charge is 0.416 e. The number of nitrogens with zero attached hydrogens (tertiary/aromatic N) is 1. The summed E-state index contributed by atoms with van der Waals surface area (Å²) in [4.78, 5) is 13.1. The maximum absolute atomic E-state index is 12.4. The van der Waals surface area contributed by atoms with E-state index >= 15 is 0 Å². The summed E-state index contributed by atoms with van der Waals surface area (Å²) in [5.41, 5.74) is -0.606. The Morgan fingerprint density at radius 3 is 2.62 bits per heavy atom. The standard InChI is InChI=1S/C10H8F3NO2/c1-16-9-3-2-8(10(11,12)13)4-7(9)5-14-6-15/h2-4H,5H2,1H3. The van der Waals surface area contributed by atoms with Crippen LogP contribution < -0.4 is 4.74 Å². The zero-order chi connectivity index (χ0) is 12.2. The summed E-state index contributed by atoms with van der Waals surface area (Å²) in [7, 11) is 1.33. The summed E-state index contributed by atoms with van der Waals surface area (Å²) in [5.74, 6) is 0.256. The van der Waals surface area contributed by atoms with Gasteiger partial charge >= 0.3 is 6.18 Å². The van der Waals surface area contributed by atoms with Crippen LogP contribution in [0, 0.1) is 0 Å². The van der Waals surface area contributed by atoms with Gasteiger partial charge in [-0.15, -0.1) is 0 Å². The second-order valence-corrected chi connectivity index (χ2v) is 2.93. The van der Waals surface area contributed by atoms with E-state index in [2.05, 4.69) is 4.99 Å². The molecule has 0 saturated carbocycles. The van der Waals surface area contributed by atoms with Crippen LogP contribution in [-0.2, 0) is 17.5 Å². The summed E-state index contributed by atoms with van der Waals surface area (Å²) in [6, 6.07) is 3.01. The number of methoxy groups -OCH3 is 1.